The number of hydrogen-bond donors (Lipinski definition) is 2. The number of urea groups is 1. The molecule has 0 aliphatic heterocycles. The van der Waals surface area contributed by atoms with Crippen molar-refractivity contribution in [2.45, 2.75) is 50.0 Å². The Labute approximate surface area is 163 Å². The number of aryl methyl sites for hydroxylation is 1. The minimum absolute atomic E-state index is 0.000324. The van der Waals surface area contributed by atoms with E-state index in [1.165, 1.54) is 31.4 Å². The second-order valence-corrected chi connectivity index (χ2v) is 9.40. The highest BCUT2D eigenvalue weighted by molar-refractivity contribution is 7.85. The maximum Gasteiger partial charge on any atom is 0.315 e. The summed E-state index contributed by atoms with van der Waals surface area (Å²) >= 11 is 0. The monoisotopic (exact) mass is 399 g/mol. The summed E-state index contributed by atoms with van der Waals surface area (Å²) in [6.45, 7) is 3.52. The molecule has 2 N–H and O–H groups in total. The Morgan fingerprint density at radius 2 is 1.67 bits per heavy atom. The molecule has 0 aromatic heterocycles. The van der Waals surface area contributed by atoms with Crippen molar-refractivity contribution in [3.8, 4) is 0 Å². The van der Waals surface area contributed by atoms with Crippen LogP contribution in [0.25, 0.3) is 0 Å². The normalized spacial score (nSPS) is 15.4. The zero-order valence-corrected chi connectivity index (χ0v) is 17.6. The van der Waals surface area contributed by atoms with Crippen molar-refractivity contribution in [1.29, 1.82) is 0 Å². The third-order valence-electron chi connectivity index (χ3n) is 4.32. The van der Waals surface area contributed by atoms with Gasteiger partial charge >= 0.3 is 6.03 Å². The molecule has 2 amide bonds. The van der Waals surface area contributed by atoms with Crippen LogP contribution in [0.3, 0.4) is 0 Å². The van der Waals surface area contributed by atoms with Gasteiger partial charge in [0.15, 0.2) is 0 Å². The first kappa shape index (κ1) is 23.4. The molecule has 2 rings (SSSR count). The number of benzene rings is 1. The van der Waals surface area contributed by atoms with Gasteiger partial charge in [-0.1, -0.05) is 37.0 Å². The first-order valence-corrected chi connectivity index (χ1v) is 10.8. The van der Waals surface area contributed by atoms with E-state index in [1.807, 2.05) is 6.92 Å². The predicted octanol–water partition coefficient (Wildman–Crippen LogP) is 2.22. The molecule has 1 aromatic carbocycles. The standard InChI is InChI=1S/C12H25N3O.C7H8O3S/c1-15(2,3)10-9-13-12(16)14-11-7-5-4-6-8-11;1-6-2-4-7(5-3-6)11(8,9)10/h11H,4-10H2,1-3H3,(H-,13,14,16);2-5H,1H3,(H,8,9,10). The highest BCUT2D eigenvalue weighted by Crippen LogP contribution is 2.17. The van der Waals surface area contributed by atoms with Crippen molar-refractivity contribution in [3.05, 3.63) is 29.8 Å². The molecule has 0 radical (unpaired) electrons. The Morgan fingerprint density at radius 3 is 2.15 bits per heavy atom. The summed E-state index contributed by atoms with van der Waals surface area (Å²) in [6.07, 6.45) is 6.11. The third kappa shape index (κ3) is 10.9. The van der Waals surface area contributed by atoms with E-state index in [0.717, 1.165) is 36.0 Å². The van der Waals surface area contributed by atoms with E-state index >= 15 is 0 Å². The SMILES string of the molecule is C[N+](C)(C)CCNC(=O)NC1CCCCC1.Cc1ccc(S(=O)(=O)[O-])cc1. The third-order valence-corrected chi connectivity index (χ3v) is 5.17. The van der Waals surface area contributed by atoms with Crippen LogP contribution in [0.15, 0.2) is 29.2 Å². The number of nitrogens with one attached hydrogen (secondary N) is 2. The topological polar surface area (TPSA) is 98.3 Å². The number of carbonyl (C=O) groups excluding carboxylic acids is 1. The van der Waals surface area contributed by atoms with Gasteiger partial charge in [-0.05, 0) is 31.9 Å². The molecule has 1 aromatic rings. The lowest BCUT2D eigenvalue weighted by Crippen LogP contribution is -2.47. The predicted molar refractivity (Wildman–Crippen MR) is 105 cm³/mol. The zero-order valence-electron chi connectivity index (χ0n) is 16.8. The second-order valence-electron chi connectivity index (χ2n) is 8.02. The van der Waals surface area contributed by atoms with Crippen LogP contribution >= 0.6 is 0 Å². The average Bonchev–Trinajstić information content (AvgIpc) is 2.54. The number of likely N-dealkylation sites (N-methyl/N-ethyl adjacent to an activating group) is 1. The fraction of sp³-hybridized carbons (Fsp3) is 0.632. The van der Waals surface area contributed by atoms with Crippen LogP contribution in [0.4, 0.5) is 4.79 Å². The smallest absolute Gasteiger partial charge is 0.315 e. The van der Waals surface area contributed by atoms with Crippen LogP contribution in [0.5, 0.6) is 0 Å². The summed E-state index contributed by atoms with van der Waals surface area (Å²) in [5.41, 5.74) is 0.928. The van der Waals surface area contributed by atoms with Gasteiger partial charge in [-0.3, -0.25) is 0 Å². The number of carbonyl (C=O) groups is 1. The second kappa shape index (κ2) is 10.6. The zero-order chi connectivity index (χ0) is 20.5. The highest BCUT2D eigenvalue weighted by Gasteiger charge is 2.15. The Bertz CT molecular complexity index is 676. The molecule has 0 heterocycles. The Balaban J connectivity index is 0.000000289. The number of nitrogens with zero attached hydrogens (tertiary/aromatic N) is 1. The van der Waals surface area contributed by atoms with Crippen molar-refractivity contribution in [1.82, 2.24) is 10.6 Å². The molecule has 7 nitrogen and oxygen atoms in total. The van der Waals surface area contributed by atoms with Gasteiger partial charge in [-0.25, -0.2) is 13.2 Å². The van der Waals surface area contributed by atoms with E-state index in [9.17, 15) is 17.8 Å². The van der Waals surface area contributed by atoms with Crippen molar-refractivity contribution >= 4 is 16.1 Å². The van der Waals surface area contributed by atoms with E-state index in [-0.39, 0.29) is 10.9 Å². The number of amides is 2. The maximum atomic E-state index is 11.6. The van der Waals surface area contributed by atoms with Crippen molar-refractivity contribution in [2.75, 3.05) is 34.2 Å². The Hall–Kier alpha value is -1.64. The fourth-order valence-corrected chi connectivity index (χ4v) is 3.16. The number of rotatable bonds is 5. The van der Waals surface area contributed by atoms with Gasteiger partial charge in [0.2, 0.25) is 0 Å². The average molecular weight is 400 g/mol. The van der Waals surface area contributed by atoms with Gasteiger partial charge in [0, 0.05) is 6.04 Å². The molecule has 0 saturated heterocycles. The highest BCUT2D eigenvalue weighted by atomic mass is 32.2. The van der Waals surface area contributed by atoms with Crippen LogP contribution in [0.1, 0.15) is 37.7 Å². The van der Waals surface area contributed by atoms with Crippen LogP contribution in [-0.4, -0.2) is 63.8 Å². The molecule has 154 valence electrons. The van der Waals surface area contributed by atoms with E-state index in [2.05, 4.69) is 31.8 Å². The molecule has 0 unspecified atom stereocenters. The lowest BCUT2D eigenvalue weighted by Gasteiger charge is -2.25. The van der Waals surface area contributed by atoms with Crippen molar-refractivity contribution in [3.63, 3.8) is 0 Å². The van der Waals surface area contributed by atoms with Gasteiger partial charge < -0.3 is 19.7 Å². The number of quaternary nitrogens is 1. The van der Waals surface area contributed by atoms with Crippen LogP contribution in [0, 0.1) is 6.92 Å². The molecule has 1 aliphatic rings. The van der Waals surface area contributed by atoms with Crippen molar-refractivity contribution in [2.24, 2.45) is 0 Å². The van der Waals surface area contributed by atoms with Crippen LogP contribution in [0.2, 0.25) is 0 Å². The molecule has 1 aliphatic carbocycles. The van der Waals surface area contributed by atoms with Gasteiger partial charge in [0.25, 0.3) is 0 Å². The molecular weight excluding hydrogens is 366 g/mol. The van der Waals surface area contributed by atoms with E-state index in [1.54, 1.807) is 12.1 Å². The number of hydrogen-bond acceptors (Lipinski definition) is 4. The molecule has 8 heteroatoms. The van der Waals surface area contributed by atoms with Gasteiger partial charge in [-0.2, -0.15) is 0 Å². The summed E-state index contributed by atoms with van der Waals surface area (Å²) in [5.74, 6) is 0. The van der Waals surface area contributed by atoms with Gasteiger partial charge in [0.1, 0.15) is 10.1 Å². The molecular formula is C19H33N3O4S. The summed E-state index contributed by atoms with van der Waals surface area (Å²) in [7, 11) is 2.11. The molecule has 27 heavy (non-hydrogen) atoms. The van der Waals surface area contributed by atoms with Crippen molar-refractivity contribution < 1.29 is 22.2 Å². The van der Waals surface area contributed by atoms with E-state index in [4.69, 9.17) is 0 Å². The van der Waals surface area contributed by atoms with Crippen LogP contribution in [-0.2, 0) is 10.1 Å². The molecule has 0 bridgehead atoms. The molecule has 0 spiro atoms. The van der Waals surface area contributed by atoms with Gasteiger partial charge in [0.05, 0.1) is 39.1 Å². The van der Waals surface area contributed by atoms with E-state index in [0.29, 0.717) is 6.04 Å². The Morgan fingerprint density at radius 1 is 1.11 bits per heavy atom. The fourth-order valence-electron chi connectivity index (χ4n) is 2.69. The van der Waals surface area contributed by atoms with Crippen LogP contribution < -0.4 is 10.6 Å². The first-order valence-electron chi connectivity index (χ1n) is 9.35. The summed E-state index contributed by atoms with van der Waals surface area (Å²) in [4.78, 5) is 11.4. The molecule has 0 atom stereocenters. The molecule has 1 saturated carbocycles. The summed E-state index contributed by atoms with van der Waals surface area (Å²) in [6, 6.07) is 6.18. The summed E-state index contributed by atoms with van der Waals surface area (Å²) < 4.78 is 32.0. The largest absolute Gasteiger partial charge is 0.744 e. The first-order chi connectivity index (χ1) is 12.5. The summed E-state index contributed by atoms with van der Waals surface area (Å²) in [5, 5.41) is 5.97. The maximum absolute atomic E-state index is 11.6. The lowest BCUT2D eigenvalue weighted by molar-refractivity contribution is -0.869. The van der Waals surface area contributed by atoms with E-state index < -0.39 is 10.1 Å². The minimum atomic E-state index is -4.27. The quantitative estimate of drug-likeness (QED) is 0.586. The van der Waals surface area contributed by atoms with Gasteiger partial charge in [-0.15, -0.1) is 0 Å². The Kier molecular flexibility index (Phi) is 9.21. The molecule has 1 fully saturated rings. The minimum Gasteiger partial charge on any atom is -0.744 e. The lowest BCUT2D eigenvalue weighted by atomic mass is 9.96.